The molecule has 0 radical (unpaired) electrons. The summed E-state index contributed by atoms with van der Waals surface area (Å²) in [6.07, 6.45) is 8.46. The van der Waals surface area contributed by atoms with Crippen LogP contribution in [0.1, 0.15) is 31.1 Å². The topological polar surface area (TPSA) is 47.3 Å². The van der Waals surface area contributed by atoms with Crippen LogP contribution in [0.5, 0.6) is 5.75 Å². The summed E-state index contributed by atoms with van der Waals surface area (Å²) in [5.74, 6) is 0.943. The van der Waals surface area contributed by atoms with E-state index in [2.05, 4.69) is 17.3 Å². The number of hydrogen-bond acceptors (Lipinski definition) is 3. The number of aromatic nitrogens is 2. The smallest absolute Gasteiger partial charge is 0.162 e. The van der Waals surface area contributed by atoms with Gasteiger partial charge in [0.25, 0.3) is 0 Å². The van der Waals surface area contributed by atoms with Gasteiger partial charge >= 0.3 is 0 Å². The Morgan fingerprint density at radius 2 is 2.38 bits per heavy atom. The molecule has 88 valence electrons. The van der Waals surface area contributed by atoms with Crippen LogP contribution in [-0.2, 0) is 7.05 Å². The summed E-state index contributed by atoms with van der Waals surface area (Å²) >= 11 is 0. The molecule has 0 spiro atoms. The van der Waals surface area contributed by atoms with Gasteiger partial charge in [-0.2, -0.15) is 5.10 Å². The van der Waals surface area contributed by atoms with E-state index >= 15 is 0 Å². The van der Waals surface area contributed by atoms with Crippen molar-refractivity contribution in [2.24, 2.45) is 13.0 Å². The highest BCUT2D eigenvalue weighted by Gasteiger charge is 2.26. The van der Waals surface area contributed by atoms with Gasteiger partial charge in [-0.1, -0.05) is 12.2 Å². The number of hydrogen-bond donors (Lipinski definition) is 1. The first-order chi connectivity index (χ1) is 7.74. The third-order valence-corrected chi connectivity index (χ3v) is 3.21. The van der Waals surface area contributed by atoms with E-state index in [1.165, 1.54) is 0 Å². The van der Waals surface area contributed by atoms with Gasteiger partial charge in [0.1, 0.15) is 11.8 Å². The van der Waals surface area contributed by atoms with Crippen LogP contribution < -0.4 is 4.74 Å². The number of aliphatic hydroxyl groups excluding tert-OH is 1. The second-order valence-electron chi connectivity index (χ2n) is 4.21. The van der Waals surface area contributed by atoms with Crippen molar-refractivity contribution in [1.29, 1.82) is 0 Å². The van der Waals surface area contributed by atoms with Gasteiger partial charge in [-0.05, 0) is 25.2 Å². The van der Waals surface area contributed by atoms with Crippen molar-refractivity contribution in [2.45, 2.75) is 25.4 Å². The van der Waals surface area contributed by atoms with Crippen LogP contribution in [0.15, 0.2) is 18.3 Å². The Bertz CT molecular complexity index is 384. The molecule has 0 saturated carbocycles. The molecule has 4 nitrogen and oxygen atoms in total. The molecule has 2 unspecified atom stereocenters. The maximum atomic E-state index is 10.4. The van der Waals surface area contributed by atoms with E-state index in [4.69, 9.17) is 4.74 Å². The van der Waals surface area contributed by atoms with Crippen LogP contribution in [0.3, 0.4) is 0 Å². The van der Waals surface area contributed by atoms with Crippen LogP contribution in [0.2, 0.25) is 0 Å². The molecule has 0 aromatic carbocycles. The molecule has 1 aliphatic carbocycles. The number of nitrogens with zero attached hydrogens (tertiary/aromatic N) is 2. The maximum Gasteiger partial charge on any atom is 0.162 e. The molecule has 2 rings (SSSR count). The lowest BCUT2D eigenvalue weighted by Gasteiger charge is -2.24. The van der Waals surface area contributed by atoms with Crippen LogP contribution in [0.4, 0.5) is 0 Å². The van der Waals surface area contributed by atoms with E-state index in [1.54, 1.807) is 18.0 Å². The quantitative estimate of drug-likeness (QED) is 0.793. The van der Waals surface area contributed by atoms with Crippen LogP contribution in [0.25, 0.3) is 0 Å². The highest BCUT2D eigenvalue weighted by Crippen LogP contribution is 2.35. The van der Waals surface area contributed by atoms with Crippen molar-refractivity contribution in [3.8, 4) is 5.75 Å². The second kappa shape index (κ2) is 4.70. The van der Waals surface area contributed by atoms with Gasteiger partial charge < -0.3 is 9.84 Å². The Morgan fingerprint density at radius 3 is 3.00 bits per heavy atom. The summed E-state index contributed by atoms with van der Waals surface area (Å²) in [6.45, 7) is 0. The fraction of sp³-hybridized carbons (Fsp3) is 0.583. The monoisotopic (exact) mass is 222 g/mol. The van der Waals surface area contributed by atoms with Crippen molar-refractivity contribution in [1.82, 2.24) is 9.78 Å². The molecule has 1 aromatic heterocycles. The first-order valence-electron chi connectivity index (χ1n) is 5.63. The van der Waals surface area contributed by atoms with Gasteiger partial charge in [-0.3, -0.25) is 4.68 Å². The Morgan fingerprint density at radius 1 is 1.56 bits per heavy atom. The van der Waals surface area contributed by atoms with Crippen molar-refractivity contribution >= 4 is 0 Å². The average molecular weight is 222 g/mol. The third-order valence-electron chi connectivity index (χ3n) is 3.21. The van der Waals surface area contributed by atoms with E-state index in [0.29, 0.717) is 5.75 Å². The zero-order chi connectivity index (χ0) is 11.5. The molecule has 0 bridgehead atoms. The predicted molar refractivity (Wildman–Crippen MR) is 61.2 cm³/mol. The average Bonchev–Trinajstić information content (AvgIpc) is 2.70. The summed E-state index contributed by atoms with van der Waals surface area (Å²) < 4.78 is 6.91. The summed E-state index contributed by atoms with van der Waals surface area (Å²) in [7, 11) is 3.44. The fourth-order valence-electron chi connectivity index (χ4n) is 2.25. The molecule has 1 heterocycles. The first-order valence-corrected chi connectivity index (χ1v) is 5.63. The van der Waals surface area contributed by atoms with Crippen molar-refractivity contribution < 1.29 is 9.84 Å². The first kappa shape index (κ1) is 11.2. The van der Waals surface area contributed by atoms with Crippen molar-refractivity contribution in [2.75, 3.05) is 7.11 Å². The molecule has 0 saturated heterocycles. The Labute approximate surface area is 95.5 Å². The number of aliphatic hydroxyl groups is 1. The van der Waals surface area contributed by atoms with E-state index in [9.17, 15) is 5.11 Å². The van der Waals surface area contributed by atoms with Crippen molar-refractivity contribution in [3.63, 3.8) is 0 Å². The van der Waals surface area contributed by atoms with Crippen molar-refractivity contribution in [3.05, 3.63) is 24.0 Å². The maximum absolute atomic E-state index is 10.4. The molecular formula is C12H18N2O2. The number of allylic oxidation sites excluding steroid dienone is 2. The van der Waals surface area contributed by atoms with Crippen LogP contribution in [0, 0.1) is 5.92 Å². The lowest BCUT2D eigenvalue weighted by atomic mass is 9.88. The molecule has 1 aliphatic rings. The number of aryl methyl sites for hydroxylation is 1. The summed E-state index contributed by atoms with van der Waals surface area (Å²) in [4.78, 5) is 0. The number of rotatable bonds is 3. The number of methoxy groups -OCH3 is 1. The SMILES string of the molecule is COc1cnn(C)c1C(O)C1CC=CCC1. The van der Waals surface area contributed by atoms with Crippen LogP contribution in [-0.4, -0.2) is 22.0 Å². The number of ether oxygens (including phenoxy) is 1. The molecular weight excluding hydrogens is 204 g/mol. The standard InChI is InChI=1S/C12H18N2O2/c1-14-11(10(16-2)8-13-14)12(15)9-6-4-3-5-7-9/h3-4,8-9,12,15H,5-7H2,1-2H3. The molecule has 4 heteroatoms. The van der Waals surface area contributed by atoms with Gasteiger partial charge in [0.05, 0.1) is 13.3 Å². The summed E-state index contributed by atoms with van der Waals surface area (Å²) in [5.41, 5.74) is 0.780. The van der Waals surface area contributed by atoms with Gasteiger partial charge in [0.15, 0.2) is 5.75 Å². The Balaban J connectivity index is 2.21. The molecule has 0 fully saturated rings. The van der Waals surface area contributed by atoms with Gasteiger partial charge in [-0.15, -0.1) is 0 Å². The van der Waals surface area contributed by atoms with E-state index in [1.807, 2.05) is 7.05 Å². The normalized spacial score (nSPS) is 22.1. The van der Waals surface area contributed by atoms with Gasteiger partial charge in [-0.25, -0.2) is 0 Å². The second-order valence-corrected chi connectivity index (χ2v) is 4.21. The largest absolute Gasteiger partial charge is 0.493 e. The zero-order valence-corrected chi connectivity index (χ0v) is 9.76. The minimum atomic E-state index is -0.493. The minimum absolute atomic E-state index is 0.272. The van der Waals surface area contributed by atoms with E-state index < -0.39 is 6.10 Å². The molecule has 2 atom stereocenters. The molecule has 16 heavy (non-hydrogen) atoms. The fourth-order valence-corrected chi connectivity index (χ4v) is 2.25. The van der Waals surface area contributed by atoms with Gasteiger partial charge in [0.2, 0.25) is 0 Å². The molecule has 0 aliphatic heterocycles. The molecule has 0 amide bonds. The third kappa shape index (κ3) is 1.97. The van der Waals surface area contributed by atoms with E-state index in [0.717, 1.165) is 25.0 Å². The minimum Gasteiger partial charge on any atom is -0.493 e. The summed E-state index contributed by atoms with van der Waals surface area (Å²) in [6, 6.07) is 0. The summed E-state index contributed by atoms with van der Waals surface area (Å²) in [5, 5.41) is 14.5. The zero-order valence-electron chi connectivity index (χ0n) is 9.76. The highest BCUT2D eigenvalue weighted by atomic mass is 16.5. The van der Waals surface area contributed by atoms with E-state index in [-0.39, 0.29) is 5.92 Å². The van der Waals surface area contributed by atoms with Gasteiger partial charge in [0, 0.05) is 7.05 Å². The lowest BCUT2D eigenvalue weighted by molar-refractivity contribution is 0.0918. The highest BCUT2D eigenvalue weighted by molar-refractivity contribution is 5.27. The Kier molecular flexibility index (Phi) is 3.29. The Hall–Kier alpha value is -1.29. The lowest BCUT2D eigenvalue weighted by Crippen LogP contribution is -2.17. The predicted octanol–water partition coefficient (Wildman–Crippen LogP) is 1.82. The molecule has 1 aromatic rings. The van der Waals surface area contributed by atoms with Crippen LogP contribution >= 0.6 is 0 Å². The molecule has 1 N–H and O–H groups in total.